The lowest BCUT2D eigenvalue weighted by Gasteiger charge is -2.63. The number of carbonyl (C=O) groups is 2. The van der Waals surface area contributed by atoms with Gasteiger partial charge in [-0.15, -0.1) is 0 Å². The number of hydrogen-bond donors (Lipinski definition) is 1. The van der Waals surface area contributed by atoms with Crippen LogP contribution in [0.3, 0.4) is 0 Å². The van der Waals surface area contributed by atoms with Crippen molar-refractivity contribution in [2.24, 2.45) is 52.3 Å². The molecule has 0 amide bonds. The number of benzene rings is 1. The summed E-state index contributed by atoms with van der Waals surface area (Å²) in [6, 6.07) is 9.50. The minimum absolute atomic E-state index is 0.0903. The molecular weight excluding hydrogens is 528 g/mol. The average molecular weight is 581 g/mol. The predicted octanol–water partition coefficient (Wildman–Crippen LogP) is 7.75. The number of hydrogen-bond acceptors (Lipinski definition) is 5. The van der Waals surface area contributed by atoms with Crippen LogP contribution in [0, 0.1) is 52.3 Å². The van der Waals surface area contributed by atoms with Gasteiger partial charge in [0, 0.05) is 18.8 Å². The zero-order valence-electron chi connectivity index (χ0n) is 26.2. The first-order valence-electron chi connectivity index (χ1n) is 16.8. The summed E-state index contributed by atoms with van der Waals surface area (Å²) >= 11 is 0. The maximum Gasteiger partial charge on any atom is 0.338 e. The van der Waals surface area contributed by atoms with Gasteiger partial charge in [-0.3, -0.25) is 4.79 Å². The van der Waals surface area contributed by atoms with Gasteiger partial charge in [-0.2, -0.15) is 0 Å². The first kappa shape index (κ1) is 30.1. The number of carboxylic acids is 1. The second-order valence-corrected chi connectivity index (χ2v) is 15.2. The minimum Gasteiger partial charge on any atom is -0.481 e. The number of ether oxygens (including phenoxy) is 3. The van der Waals surface area contributed by atoms with Gasteiger partial charge < -0.3 is 19.3 Å². The van der Waals surface area contributed by atoms with Crippen LogP contribution in [0.2, 0.25) is 0 Å². The normalized spacial score (nSPS) is 40.0. The van der Waals surface area contributed by atoms with Crippen LogP contribution < -0.4 is 0 Å². The summed E-state index contributed by atoms with van der Waals surface area (Å²) in [6.07, 6.45) is 11.5. The first-order chi connectivity index (χ1) is 20.1. The first-order valence-corrected chi connectivity index (χ1v) is 16.8. The third-order valence-electron chi connectivity index (χ3n) is 13.2. The number of carbonyl (C=O) groups excluding carboxylic acids is 1. The van der Waals surface area contributed by atoms with Crippen molar-refractivity contribution >= 4 is 11.9 Å². The molecule has 0 radical (unpaired) electrons. The van der Waals surface area contributed by atoms with E-state index in [2.05, 4.69) is 20.8 Å². The predicted molar refractivity (Wildman–Crippen MR) is 161 cm³/mol. The Morgan fingerprint density at radius 1 is 0.952 bits per heavy atom. The average Bonchev–Trinajstić information content (AvgIpc) is 3.58. The summed E-state index contributed by atoms with van der Waals surface area (Å²) in [5, 5.41) is 9.34. The van der Waals surface area contributed by atoms with E-state index in [9.17, 15) is 14.7 Å². The smallest absolute Gasteiger partial charge is 0.338 e. The molecule has 10 atom stereocenters. The number of esters is 1. The highest BCUT2D eigenvalue weighted by atomic mass is 16.7. The summed E-state index contributed by atoms with van der Waals surface area (Å²) in [4.78, 5) is 24.9. The highest BCUT2D eigenvalue weighted by Gasteiger charge is 2.65. The Balaban J connectivity index is 1.25. The van der Waals surface area contributed by atoms with Crippen molar-refractivity contribution in [1.29, 1.82) is 0 Å². The third kappa shape index (κ3) is 5.23. The lowest BCUT2D eigenvalue weighted by atomic mass is 9.43. The van der Waals surface area contributed by atoms with Crippen LogP contribution >= 0.6 is 0 Å². The van der Waals surface area contributed by atoms with Gasteiger partial charge in [0.1, 0.15) is 6.10 Å². The summed E-state index contributed by atoms with van der Waals surface area (Å²) < 4.78 is 19.0. The molecule has 42 heavy (non-hydrogen) atoms. The highest BCUT2D eigenvalue weighted by Crippen LogP contribution is 2.69. The molecule has 5 fully saturated rings. The summed E-state index contributed by atoms with van der Waals surface area (Å²) in [5.74, 6) is 1.48. The number of aliphatic carboxylic acids is 1. The lowest BCUT2D eigenvalue weighted by Crippen LogP contribution is -2.60. The molecule has 6 nitrogen and oxygen atoms in total. The number of fused-ring (bicyclic) bond motifs is 5. The molecule has 0 aromatic heterocycles. The third-order valence-corrected chi connectivity index (χ3v) is 13.2. The molecular formula is C36H52O6. The lowest BCUT2D eigenvalue weighted by molar-refractivity contribution is -0.242. The topological polar surface area (TPSA) is 82.1 Å². The van der Waals surface area contributed by atoms with Gasteiger partial charge in [0.05, 0.1) is 24.7 Å². The van der Waals surface area contributed by atoms with Crippen LogP contribution in [0.25, 0.3) is 0 Å². The molecule has 4 aliphatic carbocycles. The Kier molecular flexibility index (Phi) is 8.28. The maximum atomic E-state index is 13.5. The van der Waals surface area contributed by atoms with Gasteiger partial charge in [-0.25, -0.2) is 4.79 Å². The van der Waals surface area contributed by atoms with Gasteiger partial charge in [-0.1, -0.05) is 58.7 Å². The molecule has 1 spiro atoms. The maximum absolute atomic E-state index is 13.5. The van der Waals surface area contributed by atoms with Crippen molar-refractivity contribution in [2.75, 3.05) is 13.2 Å². The molecule has 4 saturated carbocycles. The highest BCUT2D eigenvalue weighted by molar-refractivity contribution is 5.89. The van der Waals surface area contributed by atoms with E-state index in [1.165, 1.54) is 25.7 Å². The van der Waals surface area contributed by atoms with E-state index in [0.29, 0.717) is 54.3 Å². The monoisotopic (exact) mass is 580 g/mol. The molecule has 4 unspecified atom stereocenters. The summed E-state index contributed by atoms with van der Waals surface area (Å²) in [5.41, 5.74) is 1.07. The van der Waals surface area contributed by atoms with E-state index >= 15 is 0 Å². The van der Waals surface area contributed by atoms with Crippen molar-refractivity contribution in [1.82, 2.24) is 0 Å². The van der Waals surface area contributed by atoms with Gasteiger partial charge in [0.15, 0.2) is 5.79 Å². The fourth-order valence-electron chi connectivity index (χ4n) is 10.8. The van der Waals surface area contributed by atoms with Gasteiger partial charge in [-0.05, 0) is 97.5 Å². The Bertz CT molecular complexity index is 1130. The molecule has 1 N–H and O–H groups in total. The Morgan fingerprint density at radius 3 is 2.38 bits per heavy atom. The fraction of sp³-hybridized carbons (Fsp3) is 0.778. The van der Waals surface area contributed by atoms with Crippen LogP contribution in [0.15, 0.2) is 30.3 Å². The number of rotatable bonds is 8. The van der Waals surface area contributed by atoms with Crippen LogP contribution in [0.5, 0.6) is 0 Å². The molecule has 1 aromatic rings. The largest absolute Gasteiger partial charge is 0.481 e. The molecule has 5 aliphatic rings. The molecule has 1 aromatic carbocycles. The molecule has 6 heteroatoms. The SMILES string of the molecule is C[C@H](CCC[C@@H](C)C1CC[C@H]2C3[C@H](OC(=O)c4ccccc4)C[C@H]4CC5(CCC4(C)[C@H]3CCC12C)OCCO5)C(=O)O. The molecule has 1 heterocycles. The Labute approximate surface area is 252 Å². The van der Waals surface area contributed by atoms with E-state index in [1.807, 2.05) is 37.3 Å². The molecule has 232 valence electrons. The zero-order chi connectivity index (χ0) is 29.7. The Hall–Kier alpha value is -1.92. The molecule has 0 bridgehead atoms. The van der Waals surface area contributed by atoms with Crippen LogP contribution in [0.4, 0.5) is 0 Å². The second kappa shape index (κ2) is 11.5. The van der Waals surface area contributed by atoms with Gasteiger partial charge in [0.25, 0.3) is 0 Å². The summed E-state index contributed by atoms with van der Waals surface area (Å²) in [6.45, 7) is 10.7. The van der Waals surface area contributed by atoms with E-state index in [-0.39, 0.29) is 28.8 Å². The van der Waals surface area contributed by atoms with Crippen molar-refractivity contribution < 1.29 is 28.9 Å². The van der Waals surface area contributed by atoms with Crippen molar-refractivity contribution in [2.45, 2.75) is 110 Å². The molecule has 6 rings (SSSR count). The van der Waals surface area contributed by atoms with E-state index in [4.69, 9.17) is 14.2 Å². The molecule has 1 saturated heterocycles. The Morgan fingerprint density at radius 2 is 1.67 bits per heavy atom. The van der Waals surface area contributed by atoms with Crippen LogP contribution in [0.1, 0.15) is 109 Å². The fourth-order valence-corrected chi connectivity index (χ4v) is 10.8. The second-order valence-electron chi connectivity index (χ2n) is 15.2. The standard InChI is InChI=1S/C36H52O6/c1-23(9-8-10-24(2)32(37)38)27-13-14-28-31-29(15-16-35(27,28)4)34(3)17-18-36(40-19-20-41-36)22-26(34)21-30(31)42-33(39)25-11-6-5-7-12-25/h5-7,11-12,23-24,26-31H,8-10,13-22H2,1-4H3,(H,37,38)/t23-,24-,26+,27?,28+,29+,30-,31?,34?,35?/m1/s1. The van der Waals surface area contributed by atoms with Crippen molar-refractivity contribution in [3.63, 3.8) is 0 Å². The van der Waals surface area contributed by atoms with E-state index < -0.39 is 11.8 Å². The van der Waals surface area contributed by atoms with Gasteiger partial charge >= 0.3 is 11.9 Å². The minimum atomic E-state index is -0.686. The van der Waals surface area contributed by atoms with Crippen LogP contribution in [-0.2, 0) is 19.0 Å². The number of carboxylic acid groups (broad SMARTS) is 1. The molecule has 1 aliphatic heterocycles. The zero-order valence-corrected chi connectivity index (χ0v) is 26.2. The van der Waals surface area contributed by atoms with Crippen LogP contribution in [-0.4, -0.2) is 42.1 Å². The quantitative estimate of drug-likeness (QED) is 0.317. The van der Waals surface area contributed by atoms with Crippen molar-refractivity contribution in [3.05, 3.63) is 35.9 Å². The van der Waals surface area contributed by atoms with Crippen molar-refractivity contribution in [3.8, 4) is 0 Å². The summed E-state index contributed by atoms with van der Waals surface area (Å²) in [7, 11) is 0. The van der Waals surface area contributed by atoms with E-state index in [1.54, 1.807) is 0 Å². The van der Waals surface area contributed by atoms with Gasteiger partial charge in [0.2, 0.25) is 0 Å². The van der Waals surface area contributed by atoms with E-state index in [0.717, 1.165) is 44.9 Å².